The molecular weight excluding hydrogens is 396 g/mol. The number of nitrogens with zero attached hydrogens (tertiary/aromatic N) is 4. The topological polar surface area (TPSA) is 80.9 Å². The van der Waals surface area contributed by atoms with Crippen molar-refractivity contribution < 1.29 is 9.69 Å². The molecule has 1 saturated heterocycles. The number of aromatic amines is 1. The van der Waals surface area contributed by atoms with Gasteiger partial charge in [-0.15, -0.1) is 11.3 Å². The molecule has 4 heterocycles. The number of quaternary nitrogens is 1. The molecule has 4 aromatic rings. The van der Waals surface area contributed by atoms with Crippen LogP contribution in [-0.2, 0) is 0 Å². The first-order chi connectivity index (χ1) is 14.6. The van der Waals surface area contributed by atoms with Crippen LogP contribution >= 0.6 is 11.3 Å². The Morgan fingerprint density at radius 1 is 1.33 bits per heavy atom. The smallest absolute Gasteiger partial charge is 0.229 e. The van der Waals surface area contributed by atoms with Crippen molar-refractivity contribution in [2.45, 2.75) is 32.6 Å². The number of rotatable bonds is 5. The van der Waals surface area contributed by atoms with Crippen molar-refractivity contribution in [1.82, 2.24) is 24.7 Å². The van der Waals surface area contributed by atoms with Crippen LogP contribution < -0.4 is 4.90 Å². The highest BCUT2D eigenvalue weighted by Gasteiger charge is 2.29. The van der Waals surface area contributed by atoms with Crippen LogP contribution in [0.1, 0.15) is 45.5 Å². The predicted octanol–water partition coefficient (Wildman–Crippen LogP) is 2.47. The third-order valence-electron chi connectivity index (χ3n) is 6.03. The maximum Gasteiger partial charge on any atom is 0.229 e. The number of benzene rings is 1. The number of H-pyrrole nitrogens is 1. The van der Waals surface area contributed by atoms with Crippen LogP contribution in [-0.4, -0.2) is 50.1 Å². The molecule has 1 unspecified atom stereocenters. The van der Waals surface area contributed by atoms with Gasteiger partial charge in [-0.25, -0.2) is 10.1 Å². The van der Waals surface area contributed by atoms with E-state index in [1.165, 1.54) is 20.9 Å². The average molecular weight is 422 g/mol. The van der Waals surface area contributed by atoms with Gasteiger partial charge in [0.15, 0.2) is 0 Å². The summed E-state index contributed by atoms with van der Waals surface area (Å²) in [7, 11) is 0. The average Bonchev–Trinajstić information content (AvgIpc) is 3.47. The van der Waals surface area contributed by atoms with E-state index in [-0.39, 0.29) is 5.78 Å². The first-order valence-corrected chi connectivity index (χ1v) is 11.2. The van der Waals surface area contributed by atoms with Crippen LogP contribution in [0.4, 0.5) is 0 Å². The molecule has 0 spiro atoms. The molecule has 1 aromatic carbocycles. The Kier molecular flexibility index (Phi) is 4.96. The number of hydrogen-bond acceptors (Lipinski definition) is 5. The van der Waals surface area contributed by atoms with Gasteiger partial charge in [0.25, 0.3) is 0 Å². The van der Waals surface area contributed by atoms with Crippen molar-refractivity contribution in [2.24, 2.45) is 0 Å². The lowest BCUT2D eigenvalue weighted by Gasteiger charge is -2.28. The molecule has 3 aromatic heterocycles. The van der Waals surface area contributed by atoms with E-state index in [9.17, 15) is 4.79 Å². The molecule has 0 radical (unpaired) electrons. The van der Waals surface area contributed by atoms with Crippen molar-refractivity contribution in [3.05, 3.63) is 58.6 Å². The summed E-state index contributed by atoms with van der Waals surface area (Å²) in [5.74, 6) is 1.26. The van der Waals surface area contributed by atoms with E-state index >= 15 is 0 Å². The summed E-state index contributed by atoms with van der Waals surface area (Å²) >= 11 is 1.80. The van der Waals surface area contributed by atoms with Crippen LogP contribution in [0.2, 0.25) is 0 Å². The van der Waals surface area contributed by atoms with Gasteiger partial charge in [-0.3, -0.25) is 9.36 Å². The molecule has 0 amide bonds. The molecule has 2 atom stereocenters. The monoisotopic (exact) mass is 421 g/mol. The predicted molar refractivity (Wildman–Crippen MR) is 117 cm³/mol. The number of aromatic nitrogens is 5. The summed E-state index contributed by atoms with van der Waals surface area (Å²) < 4.78 is 3.20. The number of Topliss-reactive ketones (excluding diaryl/α,β-unsaturated/α-hetero) is 1. The third kappa shape index (κ3) is 3.46. The number of ketones is 1. The second-order valence-corrected chi connectivity index (χ2v) is 9.15. The second-order valence-electron chi connectivity index (χ2n) is 8.09. The van der Waals surface area contributed by atoms with Gasteiger partial charge < -0.3 is 4.90 Å². The minimum absolute atomic E-state index is 0.189. The van der Waals surface area contributed by atoms with E-state index in [2.05, 4.69) is 33.4 Å². The highest BCUT2D eigenvalue weighted by atomic mass is 32.1. The van der Waals surface area contributed by atoms with Gasteiger partial charge in [-0.2, -0.15) is 10.1 Å². The maximum absolute atomic E-state index is 13.2. The van der Waals surface area contributed by atoms with Gasteiger partial charge in [-0.05, 0) is 44.9 Å². The molecule has 1 fully saturated rings. The lowest BCUT2D eigenvalue weighted by Crippen LogP contribution is -3.14. The fourth-order valence-electron chi connectivity index (χ4n) is 4.59. The minimum Gasteiger partial charge on any atom is -0.328 e. The van der Waals surface area contributed by atoms with E-state index < -0.39 is 0 Å². The van der Waals surface area contributed by atoms with Crippen molar-refractivity contribution in [1.29, 1.82) is 0 Å². The zero-order valence-electron chi connectivity index (χ0n) is 17.2. The molecule has 0 aliphatic carbocycles. The summed E-state index contributed by atoms with van der Waals surface area (Å²) in [6.07, 6.45) is 3.76. The van der Waals surface area contributed by atoms with E-state index in [0.29, 0.717) is 18.4 Å². The molecule has 1 aliphatic heterocycles. The molecule has 8 heteroatoms. The van der Waals surface area contributed by atoms with Gasteiger partial charge in [0.1, 0.15) is 17.9 Å². The number of para-hydroxylation sites is 1. The Bertz CT molecular complexity index is 1160. The summed E-state index contributed by atoms with van der Waals surface area (Å²) in [4.78, 5) is 23.6. The van der Waals surface area contributed by atoms with Crippen LogP contribution in [0.3, 0.4) is 0 Å². The molecule has 1 aliphatic rings. The number of carbonyl (C=O) groups excluding carboxylic acids is 1. The Morgan fingerprint density at radius 3 is 3.00 bits per heavy atom. The highest BCUT2D eigenvalue weighted by Crippen LogP contribution is 2.30. The largest absolute Gasteiger partial charge is 0.328 e. The van der Waals surface area contributed by atoms with Gasteiger partial charge in [-0.1, -0.05) is 12.1 Å². The van der Waals surface area contributed by atoms with Crippen LogP contribution in [0, 0.1) is 13.8 Å². The first kappa shape index (κ1) is 19.1. The summed E-state index contributed by atoms with van der Waals surface area (Å²) in [5, 5.41) is 8.03. The van der Waals surface area contributed by atoms with Crippen molar-refractivity contribution >= 4 is 27.3 Å². The number of aryl methyl sites for hydroxylation is 1. The Hall–Kier alpha value is -2.84. The van der Waals surface area contributed by atoms with E-state index in [0.717, 1.165) is 48.4 Å². The number of fused-ring (bicyclic) bond motifs is 1. The molecule has 7 nitrogen and oxygen atoms in total. The lowest BCUT2D eigenvalue weighted by atomic mass is 9.98. The SMILES string of the molecule is Cc1cc(C(=O)C[NH+]2CCC[C@H](c3nc4ccccc4s3)C2)c(C)n1-c1ncn[nH]1. The molecule has 154 valence electrons. The third-order valence-corrected chi connectivity index (χ3v) is 7.23. The van der Waals surface area contributed by atoms with Gasteiger partial charge in [0.05, 0.1) is 29.2 Å². The zero-order valence-corrected chi connectivity index (χ0v) is 18.0. The Morgan fingerprint density at radius 2 is 2.20 bits per heavy atom. The van der Waals surface area contributed by atoms with Crippen molar-refractivity contribution in [3.63, 3.8) is 0 Å². The Balaban J connectivity index is 1.32. The number of carbonyl (C=O) groups is 1. The Labute approximate surface area is 178 Å². The minimum atomic E-state index is 0.189. The molecular formula is C22H25N6OS+. The molecule has 0 bridgehead atoms. The lowest BCUT2D eigenvalue weighted by molar-refractivity contribution is -0.897. The summed E-state index contributed by atoms with van der Waals surface area (Å²) in [6.45, 7) is 6.48. The molecule has 30 heavy (non-hydrogen) atoms. The van der Waals surface area contributed by atoms with E-state index in [1.807, 2.05) is 30.5 Å². The van der Waals surface area contributed by atoms with Crippen LogP contribution in [0.25, 0.3) is 16.2 Å². The van der Waals surface area contributed by atoms with Gasteiger partial charge in [0.2, 0.25) is 11.7 Å². The molecule has 2 N–H and O–H groups in total. The number of piperidine rings is 1. The van der Waals surface area contributed by atoms with Gasteiger partial charge in [0, 0.05) is 17.0 Å². The molecule has 5 rings (SSSR count). The van der Waals surface area contributed by atoms with Crippen LogP contribution in [0.15, 0.2) is 36.7 Å². The normalized spacial score (nSPS) is 19.4. The second kappa shape index (κ2) is 7.77. The number of nitrogens with one attached hydrogen (secondary N) is 2. The van der Waals surface area contributed by atoms with E-state index in [4.69, 9.17) is 4.98 Å². The quantitative estimate of drug-likeness (QED) is 0.485. The van der Waals surface area contributed by atoms with Crippen molar-refractivity contribution in [2.75, 3.05) is 19.6 Å². The fourth-order valence-corrected chi connectivity index (χ4v) is 5.69. The summed E-state index contributed by atoms with van der Waals surface area (Å²) in [5.41, 5.74) is 3.75. The first-order valence-electron chi connectivity index (χ1n) is 10.4. The van der Waals surface area contributed by atoms with E-state index in [1.54, 1.807) is 11.3 Å². The fraction of sp³-hybridized carbons (Fsp3) is 0.364. The standard InChI is InChI=1S/C22H24N6OS/c1-14-10-17(15(2)28(14)22-23-13-24-26-22)19(29)12-27-9-5-6-16(11-27)21-25-18-7-3-4-8-20(18)30-21/h3-4,7-8,10,13,16H,5-6,9,11-12H2,1-2H3,(H,23,24,26)/p+1/t16-/m0/s1. The number of hydrogen-bond donors (Lipinski definition) is 2. The van der Waals surface area contributed by atoms with Crippen molar-refractivity contribution in [3.8, 4) is 5.95 Å². The number of thiazole rings is 1. The highest BCUT2D eigenvalue weighted by molar-refractivity contribution is 7.18. The van der Waals surface area contributed by atoms with Crippen LogP contribution in [0.5, 0.6) is 0 Å². The zero-order chi connectivity index (χ0) is 20.7. The molecule has 0 saturated carbocycles. The summed E-state index contributed by atoms with van der Waals surface area (Å²) in [6, 6.07) is 10.3. The van der Waals surface area contributed by atoms with Gasteiger partial charge >= 0.3 is 0 Å². The number of likely N-dealkylation sites (tertiary alicyclic amines) is 1. The maximum atomic E-state index is 13.2.